The SMILES string of the molecule is O=C(O)CC1=C(Cc2ccccc2)/C(=C/c2ccc(Oc3ccc(F)cc3)cc2)c2ccc(F)cc21. The van der Waals surface area contributed by atoms with Gasteiger partial charge >= 0.3 is 5.97 Å². The molecule has 0 aromatic heterocycles. The zero-order chi connectivity index (χ0) is 25.1. The van der Waals surface area contributed by atoms with Crippen LogP contribution in [0, 0.1) is 11.6 Å². The van der Waals surface area contributed by atoms with Crippen LogP contribution in [0.5, 0.6) is 11.5 Å². The predicted molar refractivity (Wildman–Crippen MR) is 137 cm³/mol. The Balaban J connectivity index is 1.53. The van der Waals surface area contributed by atoms with Crippen molar-refractivity contribution >= 4 is 23.2 Å². The average Bonchev–Trinajstić information content (AvgIpc) is 3.13. The van der Waals surface area contributed by atoms with Gasteiger partial charge in [0.15, 0.2) is 0 Å². The number of rotatable bonds is 7. The van der Waals surface area contributed by atoms with E-state index in [-0.39, 0.29) is 12.2 Å². The number of ether oxygens (including phenoxy) is 1. The van der Waals surface area contributed by atoms with E-state index in [2.05, 4.69) is 0 Å². The molecule has 0 heterocycles. The lowest BCUT2D eigenvalue weighted by molar-refractivity contribution is -0.135. The number of halogens is 2. The van der Waals surface area contributed by atoms with Gasteiger partial charge in [0.1, 0.15) is 23.1 Å². The summed E-state index contributed by atoms with van der Waals surface area (Å²) < 4.78 is 33.1. The molecule has 5 rings (SSSR count). The third-order valence-corrected chi connectivity index (χ3v) is 6.08. The molecule has 1 aliphatic rings. The van der Waals surface area contributed by atoms with Crippen LogP contribution in [-0.2, 0) is 11.2 Å². The number of fused-ring (bicyclic) bond motifs is 1. The third-order valence-electron chi connectivity index (χ3n) is 6.08. The van der Waals surface area contributed by atoms with Crippen molar-refractivity contribution in [1.82, 2.24) is 0 Å². The Morgan fingerprint density at radius 2 is 1.39 bits per heavy atom. The second-order valence-corrected chi connectivity index (χ2v) is 8.56. The fraction of sp³-hybridized carbons (Fsp3) is 0.0645. The zero-order valence-corrected chi connectivity index (χ0v) is 19.2. The lowest BCUT2D eigenvalue weighted by Gasteiger charge is -2.10. The molecular weight excluding hydrogens is 458 g/mol. The molecular formula is C31H22F2O3. The fourth-order valence-corrected chi connectivity index (χ4v) is 4.45. The molecule has 0 fully saturated rings. The van der Waals surface area contributed by atoms with Crippen molar-refractivity contribution in [2.24, 2.45) is 0 Å². The standard InChI is InChI=1S/C31H22F2O3/c32-22-8-13-25(14-9-22)36-24-11-6-21(7-12-24)17-27-26-15-10-23(33)18-29(26)30(19-31(34)35)28(27)16-20-4-2-1-3-5-20/h1-15,17-18H,16,19H2,(H,34,35)/b27-17+. The summed E-state index contributed by atoms with van der Waals surface area (Å²) in [6.07, 6.45) is 2.32. The van der Waals surface area contributed by atoms with E-state index in [4.69, 9.17) is 4.74 Å². The number of hydrogen-bond donors (Lipinski definition) is 1. The van der Waals surface area contributed by atoms with Crippen LogP contribution in [0.4, 0.5) is 8.78 Å². The first-order valence-corrected chi connectivity index (χ1v) is 11.5. The van der Waals surface area contributed by atoms with E-state index >= 15 is 0 Å². The molecule has 0 bridgehead atoms. The highest BCUT2D eigenvalue weighted by Crippen LogP contribution is 2.45. The highest BCUT2D eigenvalue weighted by Gasteiger charge is 2.28. The van der Waals surface area contributed by atoms with E-state index in [1.165, 1.54) is 24.3 Å². The summed E-state index contributed by atoms with van der Waals surface area (Å²) in [5, 5.41) is 9.61. The molecule has 0 spiro atoms. The van der Waals surface area contributed by atoms with Crippen molar-refractivity contribution in [2.75, 3.05) is 0 Å². The molecule has 1 N–H and O–H groups in total. The van der Waals surface area contributed by atoms with Crippen LogP contribution in [0.2, 0.25) is 0 Å². The minimum Gasteiger partial charge on any atom is -0.481 e. The van der Waals surface area contributed by atoms with E-state index < -0.39 is 11.8 Å². The van der Waals surface area contributed by atoms with E-state index in [0.717, 1.165) is 27.8 Å². The second kappa shape index (κ2) is 10.0. The van der Waals surface area contributed by atoms with Crippen molar-refractivity contribution in [3.63, 3.8) is 0 Å². The summed E-state index contributed by atoms with van der Waals surface area (Å²) in [5.74, 6) is -0.568. The largest absolute Gasteiger partial charge is 0.481 e. The van der Waals surface area contributed by atoms with Crippen LogP contribution < -0.4 is 4.74 Å². The molecule has 0 saturated heterocycles. The molecule has 0 saturated carbocycles. The van der Waals surface area contributed by atoms with Crippen molar-refractivity contribution in [2.45, 2.75) is 12.8 Å². The number of hydrogen-bond acceptors (Lipinski definition) is 2. The third kappa shape index (κ3) is 5.10. The van der Waals surface area contributed by atoms with Gasteiger partial charge in [-0.2, -0.15) is 0 Å². The highest BCUT2D eigenvalue weighted by molar-refractivity contribution is 6.08. The van der Waals surface area contributed by atoms with E-state index in [9.17, 15) is 18.7 Å². The predicted octanol–water partition coefficient (Wildman–Crippen LogP) is 7.78. The monoisotopic (exact) mass is 480 g/mol. The maximum Gasteiger partial charge on any atom is 0.307 e. The van der Waals surface area contributed by atoms with Gasteiger partial charge in [-0.3, -0.25) is 4.79 Å². The minimum atomic E-state index is -0.964. The quantitative estimate of drug-likeness (QED) is 0.294. The Kier molecular flexibility index (Phi) is 6.46. The molecule has 1 aliphatic carbocycles. The fourth-order valence-electron chi connectivity index (χ4n) is 4.45. The van der Waals surface area contributed by atoms with E-state index in [1.54, 1.807) is 18.2 Å². The Morgan fingerprint density at radius 3 is 2.06 bits per heavy atom. The number of allylic oxidation sites excluding steroid dienone is 2. The number of carboxylic acid groups (broad SMARTS) is 1. The van der Waals surface area contributed by atoms with Gasteiger partial charge in [0.05, 0.1) is 6.42 Å². The summed E-state index contributed by atoms with van der Waals surface area (Å²) in [5.41, 5.74) is 5.72. The van der Waals surface area contributed by atoms with Gasteiger partial charge < -0.3 is 9.84 Å². The lowest BCUT2D eigenvalue weighted by atomic mass is 9.94. The zero-order valence-electron chi connectivity index (χ0n) is 19.2. The Hall–Kier alpha value is -4.51. The van der Waals surface area contributed by atoms with Gasteiger partial charge in [-0.1, -0.05) is 48.5 Å². The first-order chi connectivity index (χ1) is 17.5. The number of carbonyl (C=O) groups is 1. The Labute approximate surface area is 207 Å². The first-order valence-electron chi connectivity index (χ1n) is 11.5. The van der Waals surface area contributed by atoms with Crippen LogP contribution in [0.3, 0.4) is 0 Å². The van der Waals surface area contributed by atoms with Crippen LogP contribution >= 0.6 is 0 Å². The smallest absolute Gasteiger partial charge is 0.307 e. The summed E-state index contributed by atoms with van der Waals surface area (Å²) >= 11 is 0. The Bertz CT molecular complexity index is 1470. The molecule has 5 heteroatoms. The van der Waals surface area contributed by atoms with E-state index in [1.807, 2.05) is 60.7 Å². The van der Waals surface area contributed by atoms with Gasteiger partial charge in [0.2, 0.25) is 0 Å². The number of carboxylic acids is 1. The molecule has 0 unspecified atom stereocenters. The van der Waals surface area contributed by atoms with Gasteiger partial charge in [0.25, 0.3) is 0 Å². The summed E-state index contributed by atoms with van der Waals surface area (Å²) in [7, 11) is 0. The van der Waals surface area contributed by atoms with Crippen LogP contribution in [-0.4, -0.2) is 11.1 Å². The molecule has 0 aliphatic heterocycles. The van der Waals surface area contributed by atoms with Crippen molar-refractivity contribution in [1.29, 1.82) is 0 Å². The van der Waals surface area contributed by atoms with Crippen LogP contribution in [0.15, 0.2) is 103 Å². The van der Waals surface area contributed by atoms with Crippen molar-refractivity contribution < 1.29 is 23.4 Å². The normalized spacial score (nSPS) is 13.7. The summed E-state index contributed by atoms with van der Waals surface area (Å²) in [6, 6.07) is 27.5. The molecule has 178 valence electrons. The van der Waals surface area contributed by atoms with Crippen LogP contribution in [0.25, 0.3) is 17.2 Å². The molecule has 3 nitrogen and oxygen atoms in total. The molecule has 4 aromatic carbocycles. The second-order valence-electron chi connectivity index (χ2n) is 8.56. The summed E-state index contributed by atoms with van der Waals surface area (Å²) in [4.78, 5) is 11.7. The van der Waals surface area contributed by atoms with Gasteiger partial charge in [-0.05, 0) is 100 Å². The molecule has 0 atom stereocenters. The molecule has 4 aromatic rings. The summed E-state index contributed by atoms with van der Waals surface area (Å²) in [6.45, 7) is 0. The van der Waals surface area contributed by atoms with Crippen molar-refractivity contribution in [3.05, 3.63) is 137 Å². The topological polar surface area (TPSA) is 46.5 Å². The highest BCUT2D eigenvalue weighted by atomic mass is 19.1. The van der Waals surface area contributed by atoms with Crippen LogP contribution in [0.1, 0.15) is 28.7 Å². The minimum absolute atomic E-state index is 0.194. The van der Waals surface area contributed by atoms with Crippen molar-refractivity contribution in [3.8, 4) is 11.5 Å². The van der Waals surface area contributed by atoms with E-state index in [0.29, 0.717) is 29.1 Å². The Morgan fingerprint density at radius 1 is 0.750 bits per heavy atom. The average molecular weight is 481 g/mol. The van der Waals surface area contributed by atoms with Gasteiger partial charge in [0, 0.05) is 0 Å². The maximum absolute atomic E-state index is 14.2. The number of aliphatic carboxylic acids is 1. The maximum atomic E-state index is 14.2. The number of benzene rings is 4. The lowest BCUT2D eigenvalue weighted by Crippen LogP contribution is -1.99. The molecule has 36 heavy (non-hydrogen) atoms. The molecule has 0 amide bonds. The first kappa shape index (κ1) is 23.2. The molecule has 0 radical (unpaired) electrons. The van der Waals surface area contributed by atoms with Gasteiger partial charge in [-0.15, -0.1) is 0 Å². The van der Waals surface area contributed by atoms with Gasteiger partial charge in [-0.25, -0.2) is 8.78 Å².